The first-order chi connectivity index (χ1) is 13.8. The van der Waals surface area contributed by atoms with E-state index in [1.165, 1.54) is 18.2 Å². The van der Waals surface area contributed by atoms with E-state index >= 15 is 0 Å². The lowest BCUT2D eigenvalue weighted by Gasteiger charge is -2.10. The van der Waals surface area contributed by atoms with Gasteiger partial charge in [0.1, 0.15) is 0 Å². The minimum Gasteiger partial charge on any atom is -0.326 e. The molecule has 1 heterocycles. The Kier molecular flexibility index (Phi) is 4.81. The third-order valence-corrected chi connectivity index (χ3v) is 6.01. The van der Waals surface area contributed by atoms with Gasteiger partial charge in [-0.15, -0.1) is 0 Å². The van der Waals surface area contributed by atoms with Gasteiger partial charge < -0.3 is 15.3 Å². The predicted octanol–water partition coefficient (Wildman–Crippen LogP) is 1.04. The number of benzene rings is 2. The summed E-state index contributed by atoms with van der Waals surface area (Å²) in [6.45, 7) is 0.0235. The molecule has 0 radical (unpaired) electrons. The van der Waals surface area contributed by atoms with E-state index in [1.54, 1.807) is 24.3 Å². The van der Waals surface area contributed by atoms with Crippen molar-refractivity contribution in [3.8, 4) is 0 Å². The number of aromatic amines is 2. The molecule has 2 aromatic carbocycles. The highest BCUT2D eigenvalue weighted by molar-refractivity contribution is 7.89. The Balaban J connectivity index is 1.51. The Morgan fingerprint density at radius 3 is 2.45 bits per heavy atom. The van der Waals surface area contributed by atoms with Crippen molar-refractivity contribution in [2.45, 2.75) is 24.3 Å². The van der Waals surface area contributed by atoms with E-state index < -0.39 is 21.1 Å². The van der Waals surface area contributed by atoms with Crippen molar-refractivity contribution < 1.29 is 13.2 Å². The highest BCUT2D eigenvalue weighted by atomic mass is 32.2. The molecule has 150 valence electrons. The van der Waals surface area contributed by atoms with Crippen LogP contribution in [0.25, 0.3) is 11.0 Å². The molecule has 1 fully saturated rings. The molecule has 0 saturated heterocycles. The van der Waals surface area contributed by atoms with Crippen molar-refractivity contribution in [1.82, 2.24) is 14.7 Å². The quantitative estimate of drug-likeness (QED) is 0.446. The van der Waals surface area contributed by atoms with Crippen LogP contribution in [0.2, 0.25) is 0 Å². The Morgan fingerprint density at radius 1 is 1.00 bits per heavy atom. The molecule has 1 aliphatic rings. The summed E-state index contributed by atoms with van der Waals surface area (Å²) in [6.07, 6.45) is 1.80. The summed E-state index contributed by atoms with van der Waals surface area (Å²) in [5, 5.41) is 2.82. The van der Waals surface area contributed by atoms with Gasteiger partial charge in [-0.3, -0.25) is 14.4 Å². The lowest BCUT2D eigenvalue weighted by atomic mass is 10.2. The maximum Gasteiger partial charge on any atom is 0.314 e. The van der Waals surface area contributed by atoms with E-state index in [0.29, 0.717) is 16.8 Å². The average Bonchev–Trinajstić information content (AvgIpc) is 3.53. The molecule has 29 heavy (non-hydrogen) atoms. The molecule has 0 aliphatic heterocycles. The van der Waals surface area contributed by atoms with Gasteiger partial charge in [0.2, 0.25) is 15.9 Å². The molecule has 1 amide bonds. The largest absolute Gasteiger partial charge is 0.326 e. The van der Waals surface area contributed by atoms with Gasteiger partial charge >= 0.3 is 11.1 Å². The fraction of sp³-hybridized carbons (Fsp3) is 0.211. The molecular weight excluding hydrogens is 396 g/mol. The van der Waals surface area contributed by atoms with Crippen molar-refractivity contribution >= 4 is 32.7 Å². The van der Waals surface area contributed by atoms with Crippen LogP contribution in [0, 0.1) is 5.92 Å². The Morgan fingerprint density at radius 2 is 1.72 bits per heavy atom. The van der Waals surface area contributed by atoms with Crippen LogP contribution >= 0.6 is 0 Å². The molecule has 10 heteroatoms. The lowest BCUT2D eigenvalue weighted by molar-refractivity contribution is -0.117. The number of fused-ring (bicyclic) bond motifs is 1. The number of hydrogen-bond acceptors (Lipinski definition) is 5. The zero-order valence-corrected chi connectivity index (χ0v) is 16.0. The fourth-order valence-electron chi connectivity index (χ4n) is 2.87. The number of amides is 1. The summed E-state index contributed by atoms with van der Waals surface area (Å²) >= 11 is 0. The number of rotatable bonds is 6. The smallest absolute Gasteiger partial charge is 0.314 e. The van der Waals surface area contributed by atoms with Crippen LogP contribution < -0.4 is 21.2 Å². The topological polar surface area (TPSA) is 141 Å². The van der Waals surface area contributed by atoms with Gasteiger partial charge in [0.05, 0.1) is 15.9 Å². The van der Waals surface area contributed by atoms with Gasteiger partial charge in [0.15, 0.2) is 0 Å². The standard InChI is InChI=1S/C19H18N4O5S/c24-17(12-4-5-12)21-13-3-1-2-11(8-13)10-20-29(27,28)14-6-7-15-16(9-14)23-19(26)18(25)22-15/h1-3,6-9,12,20H,4-5,10H2,(H,21,24)(H,22,25)(H,23,26). The molecule has 0 atom stereocenters. The number of aromatic nitrogens is 2. The summed E-state index contributed by atoms with van der Waals surface area (Å²) in [5.41, 5.74) is 0.173. The second-order valence-electron chi connectivity index (χ2n) is 6.90. The lowest BCUT2D eigenvalue weighted by Crippen LogP contribution is -2.29. The Hall–Kier alpha value is -3.24. The van der Waals surface area contributed by atoms with Crippen molar-refractivity contribution in [2.75, 3.05) is 5.32 Å². The summed E-state index contributed by atoms with van der Waals surface area (Å²) < 4.78 is 27.7. The minimum atomic E-state index is -3.86. The van der Waals surface area contributed by atoms with E-state index in [1.807, 2.05) is 0 Å². The van der Waals surface area contributed by atoms with Crippen LogP contribution in [-0.2, 0) is 21.4 Å². The number of nitrogens with one attached hydrogen (secondary N) is 4. The van der Waals surface area contributed by atoms with Crippen LogP contribution in [0.15, 0.2) is 56.9 Å². The monoisotopic (exact) mass is 414 g/mol. The number of carbonyl (C=O) groups excluding carboxylic acids is 1. The molecule has 4 N–H and O–H groups in total. The minimum absolute atomic E-state index is 0.0223. The van der Waals surface area contributed by atoms with Gasteiger partial charge in [-0.1, -0.05) is 12.1 Å². The number of sulfonamides is 1. The van der Waals surface area contributed by atoms with E-state index in [9.17, 15) is 22.8 Å². The summed E-state index contributed by atoms with van der Waals surface area (Å²) in [6, 6.07) is 11.0. The van der Waals surface area contributed by atoms with Crippen molar-refractivity contribution in [3.05, 3.63) is 68.7 Å². The van der Waals surface area contributed by atoms with Gasteiger partial charge in [-0.05, 0) is 48.7 Å². The first kappa shape index (κ1) is 19.1. The fourth-order valence-corrected chi connectivity index (χ4v) is 3.92. The first-order valence-electron chi connectivity index (χ1n) is 8.98. The predicted molar refractivity (Wildman–Crippen MR) is 107 cm³/mol. The second kappa shape index (κ2) is 7.30. The molecule has 4 rings (SSSR count). The molecular formula is C19H18N4O5S. The third-order valence-electron chi connectivity index (χ3n) is 4.61. The van der Waals surface area contributed by atoms with Crippen molar-refractivity contribution in [3.63, 3.8) is 0 Å². The van der Waals surface area contributed by atoms with Crippen LogP contribution in [0.1, 0.15) is 18.4 Å². The van der Waals surface area contributed by atoms with E-state index in [4.69, 9.17) is 0 Å². The van der Waals surface area contributed by atoms with Crippen molar-refractivity contribution in [1.29, 1.82) is 0 Å². The summed E-state index contributed by atoms with van der Waals surface area (Å²) in [4.78, 5) is 39.4. The normalized spacial score (nSPS) is 14.1. The zero-order chi connectivity index (χ0) is 20.6. The highest BCUT2D eigenvalue weighted by Gasteiger charge is 2.29. The SMILES string of the molecule is O=C(Nc1cccc(CNS(=O)(=O)c2ccc3[nH]c(=O)c(=O)[nH]c3c2)c1)C1CC1. The molecule has 0 unspecified atom stereocenters. The third kappa shape index (κ3) is 4.28. The van der Waals surface area contributed by atoms with E-state index in [0.717, 1.165) is 12.8 Å². The van der Waals surface area contributed by atoms with Gasteiger partial charge in [-0.25, -0.2) is 13.1 Å². The highest BCUT2D eigenvalue weighted by Crippen LogP contribution is 2.30. The molecule has 3 aromatic rings. The zero-order valence-electron chi connectivity index (χ0n) is 15.2. The maximum atomic E-state index is 12.6. The number of hydrogen-bond donors (Lipinski definition) is 4. The van der Waals surface area contributed by atoms with Crippen LogP contribution in [0.5, 0.6) is 0 Å². The number of anilines is 1. The van der Waals surface area contributed by atoms with Crippen molar-refractivity contribution in [2.24, 2.45) is 5.92 Å². The Bertz CT molecular complexity index is 1320. The molecule has 1 aromatic heterocycles. The van der Waals surface area contributed by atoms with Crippen LogP contribution in [-0.4, -0.2) is 24.3 Å². The van der Waals surface area contributed by atoms with Gasteiger partial charge in [0, 0.05) is 18.2 Å². The summed E-state index contributed by atoms with van der Waals surface area (Å²) in [7, 11) is -3.86. The first-order valence-corrected chi connectivity index (χ1v) is 10.5. The molecule has 1 aliphatic carbocycles. The van der Waals surface area contributed by atoms with Crippen LogP contribution in [0.4, 0.5) is 5.69 Å². The van der Waals surface area contributed by atoms with E-state index in [2.05, 4.69) is 20.0 Å². The van der Waals surface area contributed by atoms with Gasteiger partial charge in [0.25, 0.3) is 0 Å². The number of carbonyl (C=O) groups is 1. The van der Waals surface area contributed by atoms with E-state index in [-0.39, 0.29) is 28.8 Å². The Labute approximate surface area is 165 Å². The molecule has 0 spiro atoms. The second-order valence-corrected chi connectivity index (χ2v) is 8.67. The average molecular weight is 414 g/mol. The summed E-state index contributed by atoms with van der Waals surface area (Å²) in [5.74, 6) is 0.0531. The molecule has 0 bridgehead atoms. The number of H-pyrrole nitrogens is 2. The van der Waals surface area contributed by atoms with Gasteiger partial charge in [-0.2, -0.15) is 0 Å². The molecule has 1 saturated carbocycles. The maximum absolute atomic E-state index is 12.6. The molecule has 9 nitrogen and oxygen atoms in total. The van der Waals surface area contributed by atoms with Crippen LogP contribution in [0.3, 0.4) is 0 Å².